The van der Waals surface area contributed by atoms with Crippen molar-refractivity contribution in [3.8, 4) is 11.5 Å². The van der Waals surface area contributed by atoms with Crippen LogP contribution in [0.2, 0.25) is 0 Å². The highest BCUT2D eigenvalue weighted by atomic mass is 16.7. The van der Waals surface area contributed by atoms with Crippen molar-refractivity contribution in [1.29, 1.82) is 0 Å². The largest absolute Gasteiger partial charge is 0.507 e. The summed E-state index contributed by atoms with van der Waals surface area (Å²) in [5.74, 6) is -2.58. The average Bonchev–Trinajstić information content (AvgIpc) is 3.02. The Labute approximate surface area is 244 Å². The van der Waals surface area contributed by atoms with E-state index in [1.807, 2.05) is 0 Å². The van der Waals surface area contributed by atoms with E-state index in [0.717, 1.165) is 30.3 Å². The number of ether oxygens (including phenoxy) is 2. The molecule has 0 aliphatic carbocycles. The monoisotopic (exact) mass is 584 g/mol. The molecule has 218 valence electrons. The van der Waals surface area contributed by atoms with Gasteiger partial charge in [-0.1, -0.05) is 60.7 Å². The predicted molar refractivity (Wildman–Crippen MR) is 151 cm³/mol. The van der Waals surface area contributed by atoms with Gasteiger partial charge in [-0.05, 0) is 23.3 Å². The lowest BCUT2D eigenvalue weighted by Crippen LogP contribution is -2.58. The summed E-state index contributed by atoms with van der Waals surface area (Å²) in [6.45, 7) is -0.0663. The van der Waals surface area contributed by atoms with Crippen LogP contribution in [0, 0.1) is 20.2 Å². The average molecular weight is 585 g/mol. The number of amides is 2. The SMILES string of the molecule is O=C(NCc1ccccc1)C1(C(=O)NCc2ccccc2)OC(c2cc([N+](=O)[O-])ccc2O)Oc2ccc([N+](=O)[O-])cc21. The third kappa shape index (κ3) is 5.83. The molecule has 1 atom stereocenters. The first-order chi connectivity index (χ1) is 20.7. The van der Waals surface area contributed by atoms with E-state index in [-0.39, 0.29) is 30.0 Å². The summed E-state index contributed by atoms with van der Waals surface area (Å²) in [7, 11) is 0. The maximum Gasteiger partial charge on any atom is 0.270 e. The topological polar surface area (TPSA) is 183 Å². The molecule has 0 aromatic heterocycles. The number of rotatable bonds is 9. The first-order valence-electron chi connectivity index (χ1n) is 12.9. The van der Waals surface area contributed by atoms with E-state index >= 15 is 0 Å². The molecule has 1 aliphatic heterocycles. The van der Waals surface area contributed by atoms with Gasteiger partial charge in [0.1, 0.15) is 11.5 Å². The molecule has 0 radical (unpaired) electrons. The van der Waals surface area contributed by atoms with E-state index in [1.165, 1.54) is 6.07 Å². The molecule has 43 heavy (non-hydrogen) atoms. The number of benzene rings is 4. The second-order valence-corrected chi connectivity index (χ2v) is 9.52. The molecule has 13 heteroatoms. The molecule has 0 saturated heterocycles. The van der Waals surface area contributed by atoms with Gasteiger partial charge in [-0.2, -0.15) is 0 Å². The van der Waals surface area contributed by atoms with Gasteiger partial charge in [0.25, 0.3) is 28.8 Å². The van der Waals surface area contributed by atoms with Crippen LogP contribution >= 0.6 is 0 Å². The molecule has 1 heterocycles. The molecule has 1 unspecified atom stereocenters. The Balaban J connectivity index is 1.64. The summed E-state index contributed by atoms with van der Waals surface area (Å²) in [6, 6.07) is 24.0. The summed E-state index contributed by atoms with van der Waals surface area (Å²) in [6.07, 6.45) is -1.71. The molecule has 5 rings (SSSR count). The van der Waals surface area contributed by atoms with Crippen LogP contribution in [0.1, 0.15) is 28.5 Å². The quantitative estimate of drug-likeness (QED) is 0.148. The minimum absolute atomic E-state index is 0.0331. The Morgan fingerprint density at radius 2 is 1.28 bits per heavy atom. The van der Waals surface area contributed by atoms with Crippen molar-refractivity contribution in [2.24, 2.45) is 0 Å². The molecule has 0 fully saturated rings. The number of hydrogen-bond donors (Lipinski definition) is 3. The van der Waals surface area contributed by atoms with Crippen molar-refractivity contribution in [2.45, 2.75) is 25.0 Å². The zero-order valence-electron chi connectivity index (χ0n) is 22.3. The Kier molecular flexibility index (Phi) is 7.98. The Hall–Kier alpha value is -5.82. The molecule has 0 saturated carbocycles. The summed E-state index contributed by atoms with van der Waals surface area (Å²) in [4.78, 5) is 50.1. The van der Waals surface area contributed by atoms with E-state index < -0.39 is 50.7 Å². The van der Waals surface area contributed by atoms with Crippen molar-refractivity contribution < 1.29 is 34.0 Å². The summed E-state index contributed by atoms with van der Waals surface area (Å²) in [5.41, 5.74) is -2.58. The van der Waals surface area contributed by atoms with Gasteiger partial charge >= 0.3 is 0 Å². The van der Waals surface area contributed by atoms with Gasteiger partial charge in [-0.25, -0.2) is 0 Å². The first kappa shape index (κ1) is 28.7. The third-order valence-electron chi connectivity index (χ3n) is 6.78. The van der Waals surface area contributed by atoms with Gasteiger partial charge in [0, 0.05) is 37.4 Å². The van der Waals surface area contributed by atoms with E-state index in [4.69, 9.17) is 9.47 Å². The van der Waals surface area contributed by atoms with Crippen LogP contribution in [0.25, 0.3) is 0 Å². The minimum Gasteiger partial charge on any atom is -0.507 e. The van der Waals surface area contributed by atoms with E-state index in [2.05, 4.69) is 10.6 Å². The van der Waals surface area contributed by atoms with Crippen LogP contribution in [0.3, 0.4) is 0 Å². The van der Waals surface area contributed by atoms with Gasteiger partial charge < -0.3 is 25.2 Å². The summed E-state index contributed by atoms with van der Waals surface area (Å²) >= 11 is 0. The Morgan fingerprint density at radius 1 is 0.767 bits per heavy atom. The van der Waals surface area contributed by atoms with E-state index in [1.54, 1.807) is 60.7 Å². The number of carbonyl (C=O) groups is 2. The van der Waals surface area contributed by atoms with Gasteiger partial charge in [-0.3, -0.25) is 29.8 Å². The zero-order valence-corrected chi connectivity index (χ0v) is 22.3. The van der Waals surface area contributed by atoms with Gasteiger partial charge in [0.15, 0.2) is 0 Å². The Morgan fingerprint density at radius 3 is 1.81 bits per heavy atom. The molecule has 3 N–H and O–H groups in total. The second-order valence-electron chi connectivity index (χ2n) is 9.52. The number of phenolic OH excluding ortho intramolecular Hbond substituents is 1. The number of nitrogens with zero attached hydrogens (tertiary/aromatic N) is 2. The predicted octanol–water partition coefficient (Wildman–Crippen LogP) is 4.14. The van der Waals surface area contributed by atoms with Crippen LogP contribution in [-0.2, 0) is 33.0 Å². The number of aromatic hydroxyl groups is 1. The first-order valence-corrected chi connectivity index (χ1v) is 12.9. The summed E-state index contributed by atoms with van der Waals surface area (Å²) < 4.78 is 11.9. The second kappa shape index (κ2) is 12.0. The molecular formula is C30H24N4O9. The fraction of sp³-hybridized carbons (Fsp3) is 0.133. The zero-order chi connectivity index (χ0) is 30.6. The number of nitrogens with one attached hydrogen (secondary N) is 2. The normalized spacial score (nSPS) is 14.9. The molecule has 13 nitrogen and oxygen atoms in total. The highest BCUT2D eigenvalue weighted by Gasteiger charge is 2.56. The van der Waals surface area contributed by atoms with Gasteiger partial charge in [0.2, 0.25) is 6.29 Å². The molecular weight excluding hydrogens is 560 g/mol. The lowest BCUT2D eigenvalue weighted by Gasteiger charge is -2.40. The van der Waals surface area contributed by atoms with Crippen molar-refractivity contribution in [1.82, 2.24) is 10.6 Å². The number of fused-ring (bicyclic) bond motifs is 1. The highest BCUT2D eigenvalue weighted by Crippen LogP contribution is 2.47. The van der Waals surface area contributed by atoms with Crippen molar-refractivity contribution in [3.63, 3.8) is 0 Å². The lowest BCUT2D eigenvalue weighted by molar-refractivity contribution is -0.385. The number of nitro groups is 2. The van der Waals surface area contributed by atoms with Gasteiger partial charge in [-0.15, -0.1) is 0 Å². The highest BCUT2D eigenvalue weighted by molar-refractivity contribution is 6.10. The third-order valence-corrected chi connectivity index (χ3v) is 6.78. The molecule has 4 aromatic carbocycles. The minimum atomic E-state index is -2.59. The van der Waals surface area contributed by atoms with E-state index in [9.17, 15) is 34.9 Å². The fourth-order valence-corrected chi connectivity index (χ4v) is 4.60. The molecule has 0 bridgehead atoms. The number of carbonyl (C=O) groups excluding carboxylic acids is 2. The molecule has 2 amide bonds. The number of phenols is 1. The van der Waals surface area contributed by atoms with Crippen molar-refractivity contribution in [3.05, 3.63) is 140 Å². The number of non-ortho nitro benzene ring substituents is 2. The smallest absolute Gasteiger partial charge is 0.270 e. The van der Waals surface area contributed by atoms with Gasteiger partial charge in [0.05, 0.1) is 21.0 Å². The maximum absolute atomic E-state index is 14.1. The van der Waals surface area contributed by atoms with Crippen LogP contribution in [0.15, 0.2) is 97.1 Å². The lowest BCUT2D eigenvalue weighted by atomic mass is 9.88. The standard InChI is InChI=1S/C30H24N4O9/c35-25-13-11-21(33(38)39)15-23(25)27-42-26-14-12-22(34(40)41)16-24(26)30(43-27,28(36)31-17-19-7-3-1-4-8-19)29(37)32-18-20-9-5-2-6-10-20/h1-16,27,35H,17-18H2,(H,31,36)(H,32,37). The van der Waals surface area contributed by atoms with Crippen LogP contribution in [0.5, 0.6) is 11.5 Å². The van der Waals surface area contributed by atoms with Crippen molar-refractivity contribution >= 4 is 23.2 Å². The number of nitro benzene ring substituents is 2. The number of hydrogen-bond acceptors (Lipinski definition) is 9. The fourth-order valence-electron chi connectivity index (χ4n) is 4.60. The molecule has 0 spiro atoms. The van der Waals surface area contributed by atoms with Crippen LogP contribution in [-0.4, -0.2) is 26.8 Å². The Bertz CT molecular complexity index is 1640. The van der Waals surface area contributed by atoms with Crippen molar-refractivity contribution in [2.75, 3.05) is 0 Å². The maximum atomic E-state index is 14.1. The van der Waals surface area contributed by atoms with E-state index in [0.29, 0.717) is 11.1 Å². The molecule has 1 aliphatic rings. The summed E-state index contributed by atoms with van der Waals surface area (Å²) in [5, 5.41) is 39.2. The molecule has 4 aromatic rings. The van der Waals surface area contributed by atoms with Crippen LogP contribution < -0.4 is 15.4 Å². The van der Waals surface area contributed by atoms with Crippen LogP contribution in [0.4, 0.5) is 11.4 Å².